The van der Waals surface area contributed by atoms with E-state index < -0.39 is 17.9 Å². The van der Waals surface area contributed by atoms with Crippen molar-refractivity contribution in [2.75, 3.05) is 10.6 Å². The maximum Gasteiger partial charge on any atom is 0.273 e. The fourth-order valence-corrected chi connectivity index (χ4v) is 5.89. The van der Waals surface area contributed by atoms with Crippen LogP contribution in [0, 0.1) is 6.92 Å². The van der Waals surface area contributed by atoms with Crippen molar-refractivity contribution < 1.29 is 14.4 Å². The standard InChI is InChI=1S/C29H30N6O3S/c1-17-8-5-6-12-22(17)35(29(38)26-23(30)24(27(31)36)34-39-26)25(28(37)33-20-10-3-2-4-11-20)19-13-14-21-18(16-19)9-7-15-32-21/h5-9,12-16,20,25H,2-4,10-11,30H2,1H3,(H2,31,36)(H,33,37)/t25-/m1/s1. The van der Waals surface area contributed by atoms with E-state index >= 15 is 0 Å². The second-order valence-corrected chi connectivity index (χ2v) is 10.6. The number of nitrogens with two attached hydrogens (primary N) is 2. The van der Waals surface area contributed by atoms with Gasteiger partial charge in [-0.1, -0.05) is 49.6 Å². The number of carbonyl (C=O) groups is 3. The van der Waals surface area contributed by atoms with Crippen molar-refractivity contribution in [3.8, 4) is 0 Å². The van der Waals surface area contributed by atoms with Crippen molar-refractivity contribution in [3.63, 3.8) is 0 Å². The summed E-state index contributed by atoms with van der Waals surface area (Å²) in [5, 5.41) is 4.06. The summed E-state index contributed by atoms with van der Waals surface area (Å²) in [7, 11) is 0. The lowest BCUT2D eigenvalue weighted by molar-refractivity contribution is -0.123. The maximum atomic E-state index is 14.3. The average molecular weight is 543 g/mol. The minimum absolute atomic E-state index is 0.0274. The molecule has 0 saturated heterocycles. The molecule has 0 bridgehead atoms. The summed E-state index contributed by atoms with van der Waals surface area (Å²) in [6.45, 7) is 1.88. The Hall–Kier alpha value is -4.31. The molecule has 10 heteroatoms. The number of pyridine rings is 1. The van der Waals surface area contributed by atoms with Crippen LogP contribution in [0.4, 0.5) is 11.4 Å². The number of benzene rings is 2. The summed E-state index contributed by atoms with van der Waals surface area (Å²) in [5.74, 6) is -1.65. The second kappa shape index (κ2) is 11.2. The first-order valence-corrected chi connectivity index (χ1v) is 13.7. The van der Waals surface area contributed by atoms with Crippen LogP contribution >= 0.6 is 11.5 Å². The van der Waals surface area contributed by atoms with Crippen LogP contribution in [-0.2, 0) is 4.79 Å². The Balaban J connectivity index is 1.67. The van der Waals surface area contributed by atoms with Crippen molar-refractivity contribution in [3.05, 3.63) is 82.5 Å². The largest absolute Gasteiger partial charge is 0.395 e. The number of hydrogen-bond donors (Lipinski definition) is 3. The number of para-hydroxylation sites is 1. The Labute approximate surface area is 230 Å². The molecule has 39 heavy (non-hydrogen) atoms. The van der Waals surface area contributed by atoms with Crippen LogP contribution in [0.15, 0.2) is 60.8 Å². The number of amides is 3. The number of anilines is 2. The van der Waals surface area contributed by atoms with Crippen molar-refractivity contribution in [1.29, 1.82) is 0 Å². The first kappa shape index (κ1) is 26.3. The van der Waals surface area contributed by atoms with E-state index in [1.807, 2.05) is 55.5 Å². The van der Waals surface area contributed by atoms with E-state index in [-0.39, 0.29) is 28.2 Å². The Bertz CT molecular complexity index is 1550. The molecule has 0 radical (unpaired) electrons. The Morgan fingerprint density at radius 3 is 2.54 bits per heavy atom. The molecule has 2 heterocycles. The van der Waals surface area contributed by atoms with Crippen LogP contribution in [0.5, 0.6) is 0 Å². The number of hydrogen-bond acceptors (Lipinski definition) is 7. The van der Waals surface area contributed by atoms with Gasteiger partial charge in [0.25, 0.3) is 11.8 Å². The maximum absolute atomic E-state index is 14.3. The van der Waals surface area contributed by atoms with Gasteiger partial charge in [0.1, 0.15) is 10.9 Å². The molecular weight excluding hydrogens is 512 g/mol. The van der Waals surface area contributed by atoms with Crippen molar-refractivity contribution in [2.24, 2.45) is 5.73 Å². The van der Waals surface area contributed by atoms with Gasteiger partial charge in [-0.25, -0.2) is 0 Å². The van der Waals surface area contributed by atoms with E-state index in [1.54, 1.807) is 12.3 Å². The number of fused-ring (bicyclic) bond motifs is 1. The van der Waals surface area contributed by atoms with Gasteiger partial charge >= 0.3 is 0 Å². The lowest BCUT2D eigenvalue weighted by atomic mass is 9.94. The van der Waals surface area contributed by atoms with E-state index in [2.05, 4.69) is 14.7 Å². The van der Waals surface area contributed by atoms with Crippen LogP contribution in [0.2, 0.25) is 0 Å². The molecule has 2 aromatic heterocycles. The van der Waals surface area contributed by atoms with E-state index in [0.717, 1.165) is 60.1 Å². The summed E-state index contributed by atoms with van der Waals surface area (Å²) in [5.41, 5.74) is 14.1. The number of nitrogens with zero attached hydrogens (tertiary/aromatic N) is 3. The SMILES string of the molecule is Cc1ccccc1N(C(=O)c1snc(C(N)=O)c1N)[C@@H](C(=O)NC1CCCCC1)c1ccc2ncccc2c1. The van der Waals surface area contributed by atoms with Crippen LogP contribution in [0.1, 0.15) is 69.4 Å². The van der Waals surface area contributed by atoms with Crippen molar-refractivity contribution >= 4 is 51.5 Å². The van der Waals surface area contributed by atoms with Crippen molar-refractivity contribution in [2.45, 2.75) is 51.1 Å². The van der Waals surface area contributed by atoms with Gasteiger partial charge in [-0.2, -0.15) is 4.37 Å². The molecule has 1 saturated carbocycles. The van der Waals surface area contributed by atoms with Gasteiger partial charge in [0.05, 0.1) is 11.2 Å². The van der Waals surface area contributed by atoms with Gasteiger partial charge in [0.2, 0.25) is 5.91 Å². The van der Waals surface area contributed by atoms with Gasteiger partial charge < -0.3 is 16.8 Å². The number of aryl methyl sites for hydroxylation is 1. The fraction of sp³-hybridized carbons (Fsp3) is 0.276. The highest BCUT2D eigenvalue weighted by Gasteiger charge is 2.37. The predicted molar refractivity (Wildman–Crippen MR) is 153 cm³/mol. The minimum Gasteiger partial charge on any atom is -0.395 e. The summed E-state index contributed by atoms with van der Waals surface area (Å²) >= 11 is 0.795. The van der Waals surface area contributed by atoms with Crippen LogP contribution < -0.4 is 21.7 Å². The molecule has 4 aromatic rings. The zero-order chi connectivity index (χ0) is 27.5. The fourth-order valence-electron chi connectivity index (χ4n) is 5.15. The first-order chi connectivity index (χ1) is 18.8. The molecule has 5 N–H and O–H groups in total. The summed E-state index contributed by atoms with van der Waals surface area (Å²) < 4.78 is 4.03. The molecule has 1 atom stereocenters. The quantitative estimate of drug-likeness (QED) is 0.313. The Morgan fingerprint density at radius 1 is 1.05 bits per heavy atom. The number of carbonyl (C=O) groups excluding carboxylic acids is 3. The lowest BCUT2D eigenvalue weighted by Crippen LogP contribution is -2.47. The molecule has 1 fully saturated rings. The van der Waals surface area contributed by atoms with Gasteiger partial charge in [-0.15, -0.1) is 0 Å². The molecule has 200 valence electrons. The first-order valence-electron chi connectivity index (χ1n) is 12.9. The molecule has 9 nitrogen and oxygen atoms in total. The van der Waals surface area contributed by atoms with Gasteiger partial charge in [0.15, 0.2) is 5.69 Å². The number of rotatable bonds is 7. The molecule has 0 aliphatic heterocycles. The Morgan fingerprint density at radius 2 is 1.82 bits per heavy atom. The molecule has 0 unspecified atom stereocenters. The number of nitrogen functional groups attached to an aromatic ring is 1. The Kier molecular flexibility index (Phi) is 7.56. The van der Waals surface area contributed by atoms with Gasteiger partial charge in [0, 0.05) is 23.3 Å². The van der Waals surface area contributed by atoms with Crippen LogP contribution in [0.25, 0.3) is 10.9 Å². The average Bonchev–Trinajstić information content (AvgIpc) is 3.33. The highest BCUT2D eigenvalue weighted by atomic mass is 32.1. The van der Waals surface area contributed by atoms with Crippen LogP contribution in [0.3, 0.4) is 0 Å². The summed E-state index contributed by atoms with van der Waals surface area (Å²) in [6, 6.07) is 15.7. The number of primary amides is 1. The summed E-state index contributed by atoms with van der Waals surface area (Å²) in [4.78, 5) is 46.2. The normalized spacial score (nSPS) is 14.6. The van der Waals surface area contributed by atoms with E-state index in [4.69, 9.17) is 11.5 Å². The van der Waals surface area contributed by atoms with E-state index in [9.17, 15) is 14.4 Å². The third-order valence-corrected chi connectivity index (χ3v) is 8.00. The molecule has 2 aromatic carbocycles. The van der Waals surface area contributed by atoms with Gasteiger partial charge in [-0.05, 0) is 66.7 Å². The lowest BCUT2D eigenvalue weighted by Gasteiger charge is -2.34. The van der Waals surface area contributed by atoms with E-state index in [0.29, 0.717) is 11.3 Å². The van der Waals surface area contributed by atoms with Crippen molar-refractivity contribution in [1.82, 2.24) is 14.7 Å². The predicted octanol–water partition coefficient (Wildman–Crippen LogP) is 4.52. The molecule has 0 spiro atoms. The second-order valence-electron chi connectivity index (χ2n) is 9.80. The third kappa shape index (κ3) is 5.33. The number of aromatic nitrogens is 2. The highest BCUT2D eigenvalue weighted by molar-refractivity contribution is 7.09. The smallest absolute Gasteiger partial charge is 0.273 e. The molecule has 3 amide bonds. The minimum atomic E-state index is -1.02. The number of nitrogens with one attached hydrogen (secondary N) is 1. The monoisotopic (exact) mass is 542 g/mol. The van der Waals surface area contributed by atoms with E-state index in [1.165, 1.54) is 4.90 Å². The highest BCUT2D eigenvalue weighted by Crippen LogP contribution is 2.36. The van der Waals surface area contributed by atoms with Crippen LogP contribution in [-0.4, -0.2) is 33.1 Å². The zero-order valence-corrected chi connectivity index (χ0v) is 22.4. The molecule has 1 aliphatic carbocycles. The third-order valence-electron chi connectivity index (χ3n) is 7.15. The summed E-state index contributed by atoms with van der Waals surface area (Å²) in [6.07, 6.45) is 6.73. The van der Waals surface area contributed by atoms with Gasteiger partial charge in [-0.3, -0.25) is 24.3 Å². The topological polar surface area (TPSA) is 144 Å². The molecule has 1 aliphatic rings. The zero-order valence-electron chi connectivity index (χ0n) is 21.6. The molecule has 5 rings (SSSR count). The molecular formula is C29H30N6O3S.